The van der Waals surface area contributed by atoms with Gasteiger partial charge in [-0.3, -0.25) is 0 Å². The second kappa shape index (κ2) is 5.68. The number of nitrogens with zero attached hydrogens (tertiary/aromatic N) is 1. The van der Waals surface area contributed by atoms with E-state index in [1.165, 1.54) is 0 Å². The molecule has 1 aromatic carbocycles. The molecular weight excluding hydrogens is 341 g/mol. The number of sulfonamides is 1. The molecule has 1 aliphatic rings. The third-order valence-corrected chi connectivity index (χ3v) is 6.33. The second-order valence-corrected chi connectivity index (χ2v) is 9.18. The summed E-state index contributed by atoms with van der Waals surface area (Å²) in [5.74, 6) is -1.14. The van der Waals surface area contributed by atoms with Crippen LogP contribution in [0, 0.1) is 5.82 Å². The van der Waals surface area contributed by atoms with Crippen molar-refractivity contribution in [2.75, 3.05) is 13.1 Å². The summed E-state index contributed by atoms with van der Waals surface area (Å²) in [5.41, 5.74) is 0.880. The Hall–Kier alpha value is -0.960. The SMILES string of the molecule is CC1=CCCN(S(=O)(=O)c2ccc(S(=O)(=O)Cl)cc2F)C1. The van der Waals surface area contributed by atoms with Crippen molar-refractivity contribution in [2.24, 2.45) is 0 Å². The Labute approximate surface area is 127 Å². The van der Waals surface area contributed by atoms with Gasteiger partial charge in [-0.2, -0.15) is 4.31 Å². The zero-order valence-electron chi connectivity index (χ0n) is 11.1. The summed E-state index contributed by atoms with van der Waals surface area (Å²) in [5, 5.41) is 0. The Morgan fingerprint density at radius 1 is 1.24 bits per heavy atom. The summed E-state index contributed by atoms with van der Waals surface area (Å²) >= 11 is 0. The molecule has 0 atom stereocenters. The molecule has 0 aromatic heterocycles. The predicted octanol–water partition coefficient (Wildman–Crippen LogP) is 2.09. The van der Waals surface area contributed by atoms with Crippen molar-refractivity contribution in [1.82, 2.24) is 4.31 Å². The molecule has 0 aliphatic carbocycles. The van der Waals surface area contributed by atoms with E-state index in [-0.39, 0.29) is 13.1 Å². The first-order valence-electron chi connectivity index (χ1n) is 6.02. The molecule has 1 aromatic rings. The molecule has 21 heavy (non-hydrogen) atoms. The predicted molar refractivity (Wildman–Crippen MR) is 76.6 cm³/mol. The Kier molecular flexibility index (Phi) is 4.44. The standard InChI is InChI=1S/C12H13ClFNO4S2/c1-9-3-2-6-15(8-9)21(18,19)12-5-4-10(7-11(12)14)20(13,16)17/h3-5,7H,2,6,8H2,1H3. The van der Waals surface area contributed by atoms with Gasteiger partial charge >= 0.3 is 0 Å². The lowest BCUT2D eigenvalue weighted by molar-refractivity contribution is 0.423. The van der Waals surface area contributed by atoms with Crippen LogP contribution in [0.4, 0.5) is 4.39 Å². The van der Waals surface area contributed by atoms with E-state index < -0.39 is 34.7 Å². The number of halogens is 2. The van der Waals surface area contributed by atoms with Crippen LogP contribution < -0.4 is 0 Å². The van der Waals surface area contributed by atoms with Crippen LogP contribution in [0.25, 0.3) is 0 Å². The van der Waals surface area contributed by atoms with Crippen LogP contribution in [0.5, 0.6) is 0 Å². The molecule has 0 amide bonds. The molecule has 0 saturated heterocycles. The molecule has 5 nitrogen and oxygen atoms in total. The van der Waals surface area contributed by atoms with E-state index in [4.69, 9.17) is 10.7 Å². The number of hydrogen-bond acceptors (Lipinski definition) is 4. The van der Waals surface area contributed by atoms with Crippen molar-refractivity contribution in [3.8, 4) is 0 Å². The summed E-state index contributed by atoms with van der Waals surface area (Å²) in [6.45, 7) is 2.24. The number of hydrogen-bond donors (Lipinski definition) is 0. The molecule has 0 radical (unpaired) electrons. The van der Waals surface area contributed by atoms with Crippen LogP contribution in [-0.4, -0.2) is 34.2 Å². The van der Waals surface area contributed by atoms with Gasteiger partial charge in [-0.25, -0.2) is 21.2 Å². The fraction of sp³-hybridized carbons (Fsp3) is 0.333. The van der Waals surface area contributed by atoms with Crippen LogP contribution in [0.3, 0.4) is 0 Å². The molecule has 1 aliphatic heterocycles. The zero-order valence-corrected chi connectivity index (χ0v) is 13.5. The van der Waals surface area contributed by atoms with Gasteiger partial charge in [0.05, 0.1) is 4.90 Å². The number of rotatable bonds is 3. The fourth-order valence-corrected chi connectivity index (χ4v) is 4.37. The minimum absolute atomic E-state index is 0.192. The molecule has 1 heterocycles. The molecule has 0 unspecified atom stereocenters. The Bertz CT molecular complexity index is 803. The van der Waals surface area contributed by atoms with Gasteiger partial charge in [0.2, 0.25) is 10.0 Å². The van der Waals surface area contributed by atoms with Gasteiger partial charge in [0, 0.05) is 23.8 Å². The molecule has 0 spiro atoms. The third kappa shape index (κ3) is 3.45. The van der Waals surface area contributed by atoms with Gasteiger partial charge in [0.25, 0.3) is 9.05 Å². The summed E-state index contributed by atoms with van der Waals surface area (Å²) in [6.07, 6.45) is 2.48. The van der Waals surface area contributed by atoms with E-state index in [2.05, 4.69) is 0 Å². The smallest absolute Gasteiger partial charge is 0.207 e. The van der Waals surface area contributed by atoms with Gasteiger partial charge < -0.3 is 0 Å². The summed E-state index contributed by atoms with van der Waals surface area (Å²) in [6, 6.07) is 2.51. The van der Waals surface area contributed by atoms with E-state index >= 15 is 0 Å². The molecule has 0 N–H and O–H groups in total. The minimum Gasteiger partial charge on any atom is -0.207 e. The highest BCUT2D eigenvalue weighted by Gasteiger charge is 2.29. The van der Waals surface area contributed by atoms with Gasteiger partial charge in [-0.05, 0) is 31.5 Å². The minimum atomic E-state index is -4.11. The van der Waals surface area contributed by atoms with E-state index in [0.29, 0.717) is 12.5 Å². The van der Waals surface area contributed by atoms with Crippen molar-refractivity contribution in [1.29, 1.82) is 0 Å². The molecule has 116 valence electrons. The molecular formula is C12H13ClFNO4S2. The van der Waals surface area contributed by atoms with Crippen molar-refractivity contribution in [3.63, 3.8) is 0 Å². The molecule has 0 fully saturated rings. The van der Waals surface area contributed by atoms with Crippen molar-refractivity contribution in [2.45, 2.75) is 23.1 Å². The highest BCUT2D eigenvalue weighted by molar-refractivity contribution is 8.13. The highest BCUT2D eigenvalue weighted by Crippen LogP contribution is 2.25. The first-order chi connectivity index (χ1) is 9.62. The maximum absolute atomic E-state index is 14.0. The maximum atomic E-state index is 14.0. The van der Waals surface area contributed by atoms with Crippen LogP contribution in [0.2, 0.25) is 0 Å². The van der Waals surface area contributed by atoms with E-state index in [0.717, 1.165) is 22.0 Å². The van der Waals surface area contributed by atoms with Gasteiger partial charge in [0.15, 0.2) is 0 Å². The largest absolute Gasteiger partial charge is 0.261 e. The highest BCUT2D eigenvalue weighted by atomic mass is 35.7. The third-order valence-electron chi connectivity index (χ3n) is 3.10. The lowest BCUT2D eigenvalue weighted by Gasteiger charge is -2.25. The summed E-state index contributed by atoms with van der Waals surface area (Å²) in [7, 11) is -3.01. The van der Waals surface area contributed by atoms with Gasteiger partial charge in [0.1, 0.15) is 10.7 Å². The first-order valence-corrected chi connectivity index (χ1v) is 9.77. The van der Waals surface area contributed by atoms with Crippen LogP contribution in [-0.2, 0) is 19.1 Å². The summed E-state index contributed by atoms with van der Waals surface area (Å²) < 4.78 is 62.2. The molecule has 9 heteroatoms. The number of benzene rings is 1. The lowest BCUT2D eigenvalue weighted by atomic mass is 10.2. The zero-order chi connectivity index (χ0) is 15.8. The maximum Gasteiger partial charge on any atom is 0.261 e. The van der Waals surface area contributed by atoms with Crippen molar-refractivity contribution in [3.05, 3.63) is 35.7 Å². The summed E-state index contributed by atoms with van der Waals surface area (Å²) in [4.78, 5) is -1.03. The van der Waals surface area contributed by atoms with Crippen LogP contribution >= 0.6 is 10.7 Å². The topological polar surface area (TPSA) is 71.5 Å². The molecule has 0 bridgehead atoms. The monoisotopic (exact) mass is 353 g/mol. The van der Waals surface area contributed by atoms with E-state index in [1.807, 2.05) is 6.08 Å². The average Bonchev–Trinajstić information content (AvgIpc) is 2.37. The van der Waals surface area contributed by atoms with Crippen LogP contribution in [0.1, 0.15) is 13.3 Å². The van der Waals surface area contributed by atoms with Crippen LogP contribution in [0.15, 0.2) is 39.6 Å². The lowest BCUT2D eigenvalue weighted by Crippen LogP contribution is -2.35. The second-order valence-electron chi connectivity index (χ2n) is 4.71. The average molecular weight is 354 g/mol. The van der Waals surface area contributed by atoms with E-state index in [1.54, 1.807) is 6.92 Å². The van der Waals surface area contributed by atoms with Crippen molar-refractivity contribution >= 4 is 29.8 Å². The van der Waals surface area contributed by atoms with Crippen molar-refractivity contribution < 1.29 is 21.2 Å². The van der Waals surface area contributed by atoms with Gasteiger partial charge in [-0.1, -0.05) is 11.6 Å². The van der Waals surface area contributed by atoms with Gasteiger partial charge in [-0.15, -0.1) is 0 Å². The first kappa shape index (κ1) is 16.4. The quantitative estimate of drug-likeness (QED) is 0.616. The van der Waals surface area contributed by atoms with E-state index in [9.17, 15) is 21.2 Å². The Morgan fingerprint density at radius 2 is 1.90 bits per heavy atom. The Balaban J connectivity index is 2.44. The molecule has 2 rings (SSSR count). The molecule has 0 saturated carbocycles. The fourth-order valence-electron chi connectivity index (χ4n) is 2.06. The Morgan fingerprint density at radius 3 is 2.43 bits per heavy atom. The normalized spacial score (nSPS) is 17.6.